The summed E-state index contributed by atoms with van der Waals surface area (Å²) in [6.07, 6.45) is -0.496. The summed E-state index contributed by atoms with van der Waals surface area (Å²) in [7, 11) is 1.84. The number of benzene rings is 1. The molecular weight excluding hydrogens is 331 g/mol. The Kier molecular flexibility index (Phi) is 6.78. The lowest BCUT2D eigenvalue weighted by Gasteiger charge is -2.05. The lowest BCUT2D eigenvalue weighted by Crippen LogP contribution is -2.24. The van der Waals surface area contributed by atoms with Gasteiger partial charge >= 0.3 is 6.18 Å². The Labute approximate surface area is 138 Å². The van der Waals surface area contributed by atoms with Crippen molar-refractivity contribution in [3.8, 4) is 0 Å². The third kappa shape index (κ3) is 5.69. The highest BCUT2D eigenvalue weighted by atomic mass is 35.5. The smallest absolute Gasteiger partial charge is 0.335 e. The summed E-state index contributed by atoms with van der Waals surface area (Å²) < 4.78 is 42.4. The first kappa shape index (κ1) is 19.2. The molecule has 1 unspecified atom stereocenters. The lowest BCUT2D eigenvalue weighted by molar-refractivity contribution is -0.137. The molecule has 0 aliphatic heterocycles. The van der Waals surface area contributed by atoms with Crippen LogP contribution >= 0.6 is 12.4 Å². The minimum atomic E-state index is -4.33. The van der Waals surface area contributed by atoms with Gasteiger partial charge in [-0.1, -0.05) is 17.3 Å². The van der Waals surface area contributed by atoms with Gasteiger partial charge in [0.2, 0.25) is 0 Å². The number of aromatic nitrogens is 2. The fourth-order valence-corrected chi connectivity index (χ4v) is 1.74. The predicted molar refractivity (Wildman–Crippen MR) is 84.1 cm³/mol. The van der Waals surface area contributed by atoms with Crippen molar-refractivity contribution in [1.82, 2.24) is 15.5 Å². The predicted octanol–water partition coefficient (Wildman–Crippen LogP) is 3.83. The third-order valence-electron chi connectivity index (χ3n) is 3.12. The van der Waals surface area contributed by atoms with Crippen LogP contribution in [0.4, 0.5) is 13.2 Å². The van der Waals surface area contributed by atoms with Gasteiger partial charge in [-0.15, -0.1) is 12.4 Å². The minimum absolute atomic E-state index is 0. The molecule has 0 spiro atoms. The summed E-state index contributed by atoms with van der Waals surface area (Å²) in [6, 6.07) is 5.07. The summed E-state index contributed by atoms with van der Waals surface area (Å²) in [4.78, 5) is 4.19. The summed E-state index contributed by atoms with van der Waals surface area (Å²) in [5, 5.41) is 6.90. The maximum absolute atomic E-state index is 12.5. The van der Waals surface area contributed by atoms with Crippen molar-refractivity contribution < 1.29 is 17.7 Å². The molecular formula is C15H17ClF3N3O. The zero-order valence-corrected chi connectivity index (χ0v) is 13.4. The molecule has 126 valence electrons. The van der Waals surface area contributed by atoms with Gasteiger partial charge in [0.15, 0.2) is 5.82 Å². The molecule has 8 heteroatoms. The van der Waals surface area contributed by atoms with Gasteiger partial charge in [0.1, 0.15) is 0 Å². The summed E-state index contributed by atoms with van der Waals surface area (Å²) >= 11 is 0. The second-order valence-corrected chi connectivity index (χ2v) is 4.90. The standard InChI is InChI=1S/C15H16F3N3O.ClH/c1-10(19-2)9-13-20-14(22-21-13)8-5-11-3-6-12(7-4-11)15(16,17)18;/h3-8,10,19H,9H2,1-2H3;1H/b8-5+;. The first-order valence-corrected chi connectivity index (χ1v) is 6.73. The van der Waals surface area contributed by atoms with Crippen LogP contribution in [-0.2, 0) is 12.6 Å². The van der Waals surface area contributed by atoms with Crippen molar-refractivity contribution in [1.29, 1.82) is 0 Å². The molecule has 0 fully saturated rings. The molecule has 0 radical (unpaired) electrons. The minimum Gasteiger partial charge on any atom is -0.335 e. The van der Waals surface area contributed by atoms with Crippen LogP contribution in [0.3, 0.4) is 0 Å². The van der Waals surface area contributed by atoms with Gasteiger partial charge in [-0.3, -0.25) is 0 Å². The Morgan fingerprint density at radius 1 is 1.22 bits per heavy atom. The monoisotopic (exact) mass is 347 g/mol. The summed E-state index contributed by atoms with van der Waals surface area (Å²) in [5.74, 6) is 0.895. The van der Waals surface area contributed by atoms with Crippen LogP contribution in [0.2, 0.25) is 0 Å². The van der Waals surface area contributed by atoms with E-state index in [9.17, 15) is 13.2 Å². The molecule has 0 aliphatic carbocycles. The molecule has 0 saturated heterocycles. The molecule has 1 aromatic heterocycles. The van der Waals surface area contributed by atoms with E-state index in [2.05, 4.69) is 15.5 Å². The summed E-state index contributed by atoms with van der Waals surface area (Å²) in [6.45, 7) is 1.99. The molecule has 1 heterocycles. The van der Waals surface area contributed by atoms with Crippen LogP contribution in [-0.4, -0.2) is 23.2 Å². The van der Waals surface area contributed by atoms with Gasteiger partial charge < -0.3 is 9.84 Å². The van der Waals surface area contributed by atoms with E-state index in [0.29, 0.717) is 23.7 Å². The summed E-state index contributed by atoms with van der Waals surface area (Å²) in [5.41, 5.74) is -0.0536. The Balaban J connectivity index is 0.00000264. The number of nitrogens with one attached hydrogen (secondary N) is 1. The van der Waals surface area contributed by atoms with Gasteiger partial charge in [0.25, 0.3) is 5.89 Å². The second-order valence-electron chi connectivity index (χ2n) is 4.90. The first-order valence-electron chi connectivity index (χ1n) is 6.73. The van der Waals surface area contributed by atoms with Gasteiger partial charge in [0.05, 0.1) is 5.56 Å². The fraction of sp³-hybridized carbons (Fsp3) is 0.333. The molecule has 23 heavy (non-hydrogen) atoms. The van der Waals surface area contributed by atoms with E-state index < -0.39 is 11.7 Å². The SMILES string of the molecule is CNC(C)Cc1noc(/C=C/c2ccc(C(F)(F)F)cc2)n1.Cl. The van der Waals surface area contributed by atoms with Crippen molar-refractivity contribution in [2.75, 3.05) is 7.05 Å². The maximum Gasteiger partial charge on any atom is 0.416 e. The number of nitrogens with zero attached hydrogens (tertiary/aromatic N) is 2. The Hall–Kier alpha value is -1.86. The van der Waals surface area contributed by atoms with E-state index in [4.69, 9.17) is 4.52 Å². The average Bonchev–Trinajstić information content (AvgIpc) is 2.92. The molecule has 0 amide bonds. The van der Waals surface area contributed by atoms with E-state index in [-0.39, 0.29) is 18.4 Å². The Morgan fingerprint density at radius 2 is 1.87 bits per heavy atom. The van der Waals surface area contributed by atoms with Crippen LogP contribution < -0.4 is 5.32 Å². The van der Waals surface area contributed by atoms with Crippen molar-refractivity contribution in [3.63, 3.8) is 0 Å². The second kappa shape index (κ2) is 8.12. The van der Waals surface area contributed by atoms with Gasteiger partial charge in [-0.05, 0) is 37.7 Å². The quantitative estimate of drug-likeness (QED) is 0.893. The fourth-order valence-electron chi connectivity index (χ4n) is 1.74. The molecule has 0 saturated carbocycles. The number of alkyl halides is 3. The molecule has 1 atom stereocenters. The highest BCUT2D eigenvalue weighted by Crippen LogP contribution is 2.29. The van der Waals surface area contributed by atoms with Crippen molar-refractivity contribution in [2.24, 2.45) is 0 Å². The Morgan fingerprint density at radius 3 is 2.43 bits per heavy atom. The molecule has 4 nitrogen and oxygen atoms in total. The van der Waals surface area contributed by atoms with Crippen molar-refractivity contribution >= 4 is 24.6 Å². The van der Waals surface area contributed by atoms with E-state index in [1.807, 2.05) is 14.0 Å². The molecule has 0 aliphatic rings. The normalized spacial score (nSPS) is 13.1. The van der Waals surface area contributed by atoms with E-state index >= 15 is 0 Å². The molecule has 1 N–H and O–H groups in total. The van der Waals surface area contributed by atoms with Crippen LogP contribution in [0.5, 0.6) is 0 Å². The molecule has 2 aromatic rings. The zero-order valence-electron chi connectivity index (χ0n) is 12.6. The molecule has 1 aromatic carbocycles. The number of halogens is 4. The van der Waals surface area contributed by atoms with Gasteiger partial charge in [0, 0.05) is 18.5 Å². The van der Waals surface area contributed by atoms with Crippen molar-refractivity contribution in [3.05, 3.63) is 47.1 Å². The number of rotatable bonds is 5. The lowest BCUT2D eigenvalue weighted by atomic mass is 10.1. The highest BCUT2D eigenvalue weighted by Gasteiger charge is 2.29. The van der Waals surface area contributed by atoms with Gasteiger partial charge in [-0.25, -0.2) is 0 Å². The van der Waals surface area contributed by atoms with Crippen LogP contribution in [0, 0.1) is 0 Å². The van der Waals surface area contributed by atoms with Gasteiger partial charge in [-0.2, -0.15) is 18.2 Å². The van der Waals surface area contributed by atoms with Crippen LogP contribution in [0.1, 0.15) is 29.8 Å². The molecule has 0 bridgehead atoms. The average molecular weight is 348 g/mol. The maximum atomic E-state index is 12.5. The van der Waals surface area contributed by atoms with E-state index in [1.54, 1.807) is 12.2 Å². The third-order valence-corrected chi connectivity index (χ3v) is 3.12. The number of hydrogen-bond donors (Lipinski definition) is 1. The van der Waals surface area contributed by atoms with Crippen molar-refractivity contribution in [2.45, 2.75) is 25.6 Å². The topological polar surface area (TPSA) is 51.0 Å². The molecule has 2 rings (SSSR count). The first-order chi connectivity index (χ1) is 10.4. The van der Waals surface area contributed by atoms with E-state index in [1.165, 1.54) is 12.1 Å². The largest absolute Gasteiger partial charge is 0.416 e. The Bertz CT molecular complexity index is 638. The number of hydrogen-bond acceptors (Lipinski definition) is 4. The van der Waals surface area contributed by atoms with Crippen LogP contribution in [0.25, 0.3) is 12.2 Å². The highest BCUT2D eigenvalue weighted by molar-refractivity contribution is 5.85. The zero-order chi connectivity index (χ0) is 16.2. The van der Waals surface area contributed by atoms with Crippen LogP contribution in [0.15, 0.2) is 28.8 Å². The number of likely N-dealkylation sites (N-methyl/N-ethyl adjacent to an activating group) is 1. The van der Waals surface area contributed by atoms with E-state index in [0.717, 1.165) is 12.1 Å².